The molecule has 0 atom stereocenters. The Kier molecular flexibility index (Phi) is 6.27. The number of benzene rings is 1. The Morgan fingerprint density at radius 2 is 2.09 bits per heavy atom. The van der Waals surface area contributed by atoms with Crippen molar-refractivity contribution in [2.75, 3.05) is 5.32 Å². The topological polar surface area (TPSA) is 59.8 Å². The molecule has 5 nitrogen and oxygen atoms in total. The molecule has 0 radical (unpaired) electrons. The second-order valence-electron chi connectivity index (χ2n) is 4.73. The summed E-state index contributed by atoms with van der Waals surface area (Å²) in [5.74, 6) is 1.18. The third-order valence-electron chi connectivity index (χ3n) is 3.08. The van der Waals surface area contributed by atoms with Crippen LogP contribution in [-0.4, -0.2) is 20.7 Å². The van der Waals surface area contributed by atoms with Crippen LogP contribution < -0.4 is 5.32 Å². The van der Waals surface area contributed by atoms with Crippen LogP contribution >= 0.6 is 23.4 Å². The van der Waals surface area contributed by atoms with Crippen molar-refractivity contribution in [1.29, 1.82) is 0 Å². The zero-order valence-electron chi connectivity index (χ0n) is 12.7. The number of hydrogen-bond acceptors (Lipinski definition) is 4. The van der Waals surface area contributed by atoms with Crippen LogP contribution in [-0.2, 0) is 17.1 Å². The summed E-state index contributed by atoms with van der Waals surface area (Å²) in [6.45, 7) is 4.66. The van der Waals surface area contributed by atoms with E-state index in [-0.39, 0.29) is 5.91 Å². The molecule has 118 valence electrons. The molecule has 1 aromatic carbocycles. The number of amides is 1. The molecule has 1 N–H and O–H groups in total. The lowest BCUT2D eigenvalue weighted by Crippen LogP contribution is -2.15. The standard InChI is InChI=1S/C15H19ClN4OS/c1-3-7-13(21)17-14-18-19-15(20(14)4-2)22-10-11-8-5-6-9-12(11)16/h5-6,8-9H,3-4,7,10H2,1-2H3,(H,17,18,21). The van der Waals surface area contributed by atoms with E-state index in [1.165, 1.54) is 0 Å². The summed E-state index contributed by atoms with van der Waals surface area (Å²) in [7, 11) is 0. The van der Waals surface area contributed by atoms with E-state index in [0.29, 0.717) is 24.7 Å². The first kappa shape index (κ1) is 16.8. The van der Waals surface area contributed by atoms with Crippen molar-refractivity contribution in [2.24, 2.45) is 0 Å². The van der Waals surface area contributed by atoms with Gasteiger partial charge in [-0.1, -0.05) is 48.5 Å². The summed E-state index contributed by atoms with van der Waals surface area (Å²) in [4.78, 5) is 11.7. The maximum Gasteiger partial charge on any atom is 0.231 e. The van der Waals surface area contributed by atoms with Gasteiger partial charge in [0.25, 0.3) is 0 Å². The molecule has 0 saturated carbocycles. The fraction of sp³-hybridized carbons (Fsp3) is 0.400. The van der Waals surface area contributed by atoms with Gasteiger partial charge in [0.15, 0.2) is 5.16 Å². The maximum absolute atomic E-state index is 11.7. The predicted molar refractivity (Wildman–Crippen MR) is 90.2 cm³/mol. The van der Waals surface area contributed by atoms with Gasteiger partial charge in [-0.25, -0.2) is 0 Å². The minimum atomic E-state index is -0.0350. The Morgan fingerprint density at radius 3 is 2.77 bits per heavy atom. The summed E-state index contributed by atoms with van der Waals surface area (Å²) in [5.41, 5.74) is 1.05. The molecule has 0 saturated heterocycles. The van der Waals surface area contributed by atoms with Crippen LogP contribution in [0.4, 0.5) is 5.95 Å². The lowest BCUT2D eigenvalue weighted by atomic mass is 10.2. The van der Waals surface area contributed by atoms with Gasteiger partial charge in [0.2, 0.25) is 11.9 Å². The zero-order chi connectivity index (χ0) is 15.9. The van der Waals surface area contributed by atoms with Crippen molar-refractivity contribution in [3.05, 3.63) is 34.9 Å². The number of hydrogen-bond donors (Lipinski definition) is 1. The second kappa shape index (κ2) is 8.19. The van der Waals surface area contributed by atoms with Crippen LogP contribution in [0.3, 0.4) is 0 Å². The molecule has 2 rings (SSSR count). The molecule has 0 fully saturated rings. The second-order valence-corrected chi connectivity index (χ2v) is 6.08. The maximum atomic E-state index is 11.7. The summed E-state index contributed by atoms with van der Waals surface area (Å²) >= 11 is 7.71. The van der Waals surface area contributed by atoms with Crippen LogP contribution in [0.15, 0.2) is 29.4 Å². The highest BCUT2D eigenvalue weighted by Crippen LogP contribution is 2.26. The normalized spacial score (nSPS) is 10.7. The van der Waals surface area contributed by atoms with E-state index < -0.39 is 0 Å². The SMILES string of the molecule is CCCC(=O)Nc1nnc(SCc2ccccc2Cl)n1CC. The van der Waals surface area contributed by atoms with Crippen LogP contribution in [0.1, 0.15) is 32.3 Å². The number of carbonyl (C=O) groups excluding carboxylic acids is 1. The molecule has 0 aliphatic heterocycles. The van der Waals surface area contributed by atoms with E-state index in [1.807, 2.05) is 42.7 Å². The summed E-state index contributed by atoms with van der Waals surface area (Å²) in [6, 6.07) is 7.74. The molecule has 2 aromatic rings. The number of nitrogens with one attached hydrogen (secondary N) is 1. The first-order chi connectivity index (χ1) is 10.7. The van der Waals surface area contributed by atoms with Crippen LogP contribution in [0, 0.1) is 0 Å². The van der Waals surface area contributed by atoms with E-state index in [1.54, 1.807) is 11.8 Å². The molecule has 1 heterocycles. The molecule has 7 heteroatoms. The monoisotopic (exact) mass is 338 g/mol. The van der Waals surface area contributed by atoms with Gasteiger partial charge in [0.05, 0.1) is 0 Å². The lowest BCUT2D eigenvalue weighted by Gasteiger charge is -2.08. The molecular formula is C15H19ClN4OS. The number of aromatic nitrogens is 3. The van der Waals surface area contributed by atoms with E-state index in [9.17, 15) is 4.79 Å². The highest BCUT2D eigenvalue weighted by Gasteiger charge is 2.14. The Labute approximate surface area is 139 Å². The largest absolute Gasteiger partial charge is 0.295 e. The van der Waals surface area contributed by atoms with Crippen LogP contribution in [0.2, 0.25) is 5.02 Å². The number of thioether (sulfide) groups is 1. The molecule has 0 aliphatic carbocycles. The van der Waals surface area contributed by atoms with E-state index in [4.69, 9.17) is 11.6 Å². The quantitative estimate of drug-likeness (QED) is 0.776. The van der Waals surface area contributed by atoms with Gasteiger partial charge < -0.3 is 0 Å². The lowest BCUT2D eigenvalue weighted by molar-refractivity contribution is -0.116. The summed E-state index contributed by atoms with van der Waals surface area (Å²) < 4.78 is 1.90. The van der Waals surface area contributed by atoms with Gasteiger partial charge in [-0.2, -0.15) is 0 Å². The zero-order valence-corrected chi connectivity index (χ0v) is 14.2. The van der Waals surface area contributed by atoms with Crippen LogP contribution in [0.5, 0.6) is 0 Å². The summed E-state index contributed by atoms with van der Waals surface area (Å²) in [5, 5.41) is 12.6. The Morgan fingerprint density at radius 1 is 1.32 bits per heavy atom. The molecule has 22 heavy (non-hydrogen) atoms. The molecule has 0 aliphatic rings. The molecular weight excluding hydrogens is 320 g/mol. The number of halogens is 1. The third-order valence-corrected chi connectivity index (χ3v) is 4.46. The third kappa shape index (κ3) is 4.24. The fourth-order valence-electron chi connectivity index (χ4n) is 1.95. The number of anilines is 1. The van der Waals surface area contributed by atoms with Gasteiger partial charge >= 0.3 is 0 Å². The van der Waals surface area contributed by atoms with E-state index in [0.717, 1.165) is 22.2 Å². The summed E-state index contributed by atoms with van der Waals surface area (Å²) in [6.07, 6.45) is 1.29. The minimum absolute atomic E-state index is 0.0350. The van der Waals surface area contributed by atoms with Crippen molar-refractivity contribution in [3.8, 4) is 0 Å². The first-order valence-electron chi connectivity index (χ1n) is 7.25. The minimum Gasteiger partial charge on any atom is -0.295 e. The van der Waals surface area contributed by atoms with Crippen molar-refractivity contribution < 1.29 is 4.79 Å². The van der Waals surface area contributed by atoms with Gasteiger partial charge in [-0.05, 0) is 25.0 Å². The smallest absolute Gasteiger partial charge is 0.231 e. The van der Waals surface area contributed by atoms with Gasteiger partial charge in [-0.15, -0.1) is 10.2 Å². The van der Waals surface area contributed by atoms with E-state index >= 15 is 0 Å². The van der Waals surface area contributed by atoms with Gasteiger partial charge in [0.1, 0.15) is 0 Å². The highest BCUT2D eigenvalue weighted by atomic mass is 35.5. The fourth-order valence-corrected chi connectivity index (χ4v) is 3.23. The molecule has 0 unspecified atom stereocenters. The van der Waals surface area contributed by atoms with Crippen molar-refractivity contribution in [3.63, 3.8) is 0 Å². The Balaban J connectivity index is 2.07. The predicted octanol–water partition coefficient (Wildman–Crippen LogP) is 3.98. The average Bonchev–Trinajstić information content (AvgIpc) is 2.88. The molecule has 0 bridgehead atoms. The van der Waals surface area contributed by atoms with E-state index in [2.05, 4.69) is 15.5 Å². The van der Waals surface area contributed by atoms with Crippen molar-refractivity contribution in [1.82, 2.24) is 14.8 Å². The number of rotatable bonds is 7. The first-order valence-corrected chi connectivity index (χ1v) is 8.61. The molecule has 1 aromatic heterocycles. The molecule has 0 spiro atoms. The number of nitrogens with zero attached hydrogens (tertiary/aromatic N) is 3. The van der Waals surface area contributed by atoms with Crippen molar-refractivity contribution in [2.45, 2.75) is 44.1 Å². The van der Waals surface area contributed by atoms with Crippen LogP contribution in [0.25, 0.3) is 0 Å². The highest BCUT2D eigenvalue weighted by molar-refractivity contribution is 7.98. The van der Waals surface area contributed by atoms with Gasteiger partial charge in [0, 0.05) is 23.7 Å². The molecule has 1 amide bonds. The van der Waals surface area contributed by atoms with Gasteiger partial charge in [-0.3, -0.25) is 14.7 Å². The Bertz CT molecular complexity index is 644. The average molecular weight is 339 g/mol. The van der Waals surface area contributed by atoms with Crippen molar-refractivity contribution >= 4 is 35.2 Å². The Hall–Kier alpha value is -1.53. The number of carbonyl (C=O) groups is 1.